The molecule has 1 heteroatoms. The molecule has 0 fully saturated rings. The maximum atomic E-state index is 2.34. The van der Waals surface area contributed by atoms with Gasteiger partial charge in [-0.1, -0.05) is 27.7 Å². The molecule has 1 atom stereocenters. The van der Waals surface area contributed by atoms with E-state index in [1.165, 1.54) is 0 Å². The third kappa shape index (κ3) is 2.48. The van der Waals surface area contributed by atoms with Crippen LogP contribution in [0.3, 0.4) is 0 Å². The molecule has 0 aliphatic heterocycles. The van der Waals surface area contributed by atoms with Crippen molar-refractivity contribution >= 4 is 0 Å². The number of rotatable bonds is 3. The summed E-state index contributed by atoms with van der Waals surface area (Å²) < 4.78 is 0. The van der Waals surface area contributed by atoms with Gasteiger partial charge in [-0.05, 0) is 32.4 Å². The molecule has 0 spiro atoms. The Balaban J connectivity index is 4.29. The van der Waals surface area contributed by atoms with E-state index >= 15 is 0 Å². The van der Waals surface area contributed by atoms with Crippen LogP contribution in [0.15, 0.2) is 0 Å². The van der Waals surface area contributed by atoms with Gasteiger partial charge in [0, 0.05) is 6.04 Å². The van der Waals surface area contributed by atoms with E-state index in [0.717, 1.165) is 5.92 Å². The average molecular weight is 157 g/mol. The summed E-state index contributed by atoms with van der Waals surface area (Å²) in [6, 6.07) is 0.641. The quantitative estimate of drug-likeness (QED) is 0.608. The first-order chi connectivity index (χ1) is 4.80. The fourth-order valence-electron chi connectivity index (χ4n) is 1.15. The van der Waals surface area contributed by atoms with Crippen LogP contribution in [0.25, 0.3) is 0 Å². The van der Waals surface area contributed by atoms with Gasteiger partial charge in [-0.2, -0.15) is 0 Å². The predicted molar refractivity (Wildman–Crippen MR) is 51.8 cm³/mol. The summed E-state index contributed by atoms with van der Waals surface area (Å²) in [5, 5.41) is 0. The van der Waals surface area contributed by atoms with E-state index in [-0.39, 0.29) is 0 Å². The van der Waals surface area contributed by atoms with Crippen LogP contribution in [0.5, 0.6) is 0 Å². The molecule has 1 nitrogen and oxygen atoms in total. The lowest BCUT2D eigenvalue weighted by molar-refractivity contribution is 0.102. The Labute approximate surface area is 71.8 Å². The van der Waals surface area contributed by atoms with Crippen molar-refractivity contribution in [3.8, 4) is 0 Å². The largest absolute Gasteiger partial charge is 0.306 e. The minimum Gasteiger partial charge on any atom is -0.306 e. The molecule has 0 aromatic heterocycles. The Bertz CT molecular complexity index is 114. The van der Waals surface area contributed by atoms with Crippen molar-refractivity contribution in [2.75, 3.05) is 14.1 Å². The highest BCUT2D eigenvalue weighted by Gasteiger charge is 2.30. The first-order valence-corrected chi connectivity index (χ1v) is 4.46. The lowest BCUT2D eigenvalue weighted by Gasteiger charge is -2.39. The molecule has 0 saturated carbocycles. The maximum absolute atomic E-state index is 2.34. The van der Waals surface area contributed by atoms with Crippen molar-refractivity contribution in [3.63, 3.8) is 0 Å². The second-order valence-corrected chi connectivity index (χ2v) is 4.62. The molecular formula is C10H23N. The van der Waals surface area contributed by atoms with Crippen molar-refractivity contribution in [2.24, 2.45) is 11.3 Å². The second kappa shape index (κ2) is 3.57. The fourth-order valence-corrected chi connectivity index (χ4v) is 1.15. The van der Waals surface area contributed by atoms with Crippen LogP contribution in [-0.4, -0.2) is 25.0 Å². The first kappa shape index (κ1) is 11.0. The van der Waals surface area contributed by atoms with E-state index in [9.17, 15) is 0 Å². The molecule has 0 rings (SSSR count). The van der Waals surface area contributed by atoms with Crippen molar-refractivity contribution in [3.05, 3.63) is 0 Å². The molecule has 0 aromatic rings. The van der Waals surface area contributed by atoms with Gasteiger partial charge < -0.3 is 4.90 Å². The molecule has 0 aliphatic carbocycles. The summed E-state index contributed by atoms with van der Waals surface area (Å²) in [7, 11) is 4.30. The molecule has 0 radical (unpaired) electrons. The van der Waals surface area contributed by atoms with Gasteiger partial charge in [0.05, 0.1) is 0 Å². The van der Waals surface area contributed by atoms with E-state index in [2.05, 4.69) is 53.6 Å². The third-order valence-corrected chi connectivity index (χ3v) is 3.34. The Hall–Kier alpha value is -0.0400. The van der Waals surface area contributed by atoms with Crippen molar-refractivity contribution in [1.82, 2.24) is 4.90 Å². The monoisotopic (exact) mass is 157 g/mol. The van der Waals surface area contributed by atoms with Gasteiger partial charge in [-0.3, -0.25) is 0 Å². The average Bonchev–Trinajstić information content (AvgIpc) is 1.85. The summed E-state index contributed by atoms with van der Waals surface area (Å²) >= 11 is 0. The SMILES string of the molecule is CC(C)C(C)(C)C(C)N(C)C. The lowest BCUT2D eigenvalue weighted by Crippen LogP contribution is -2.41. The van der Waals surface area contributed by atoms with Crippen LogP contribution in [0.4, 0.5) is 0 Å². The van der Waals surface area contributed by atoms with Crippen molar-refractivity contribution in [1.29, 1.82) is 0 Å². The molecule has 0 aliphatic rings. The van der Waals surface area contributed by atoms with E-state index in [1.807, 2.05) is 0 Å². The molecule has 0 amide bonds. The summed E-state index contributed by atoms with van der Waals surface area (Å²) in [6.45, 7) is 11.5. The van der Waals surface area contributed by atoms with Crippen molar-refractivity contribution in [2.45, 2.75) is 40.7 Å². The molecule has 0 bridgehead atoms. The highest BCUT2D eigenvalue weighted by Crippen LogP contribution is 2.31. The van der Waals surface area contributed by atoms with Crippen LogP contribution in [0.1, 0.15) is 34.6 Å². The molecule has 11 heavy (non-hydrogen) atoms. The van der Waals surface area contributed by atoms with Gasteiger partial charge in [0.15, 0.2) is 0 Å². The Morgan fingerprint density at radius 1 is 1.00 bits per heavy atom. The number of hydrogen-bond acceptors (Lipinski definition) is 1. The first-order valence-electron chi connectivity index (χ1n) is 4.46. The highest BCUT2D eigenvalue weighted by molar-refractivity contribution is 4.82. The topological polar surface area (TPSA) is 3.24 Å². The molecule has 0 N–H and O–H groups in total. The smallest absolute Gasteiger partial charge is 0.0114 e. The summed E-state index contributed by atoms with van der Waals surface area (Å²) in [5.41, 5.74) is 0.406. The zero-order chi connectivity index (χ0) is 9.23. The van der Waals surface area contributed by atoms with E-state index in [4.69, 9.17) is 0 Å². The Morgan fingerprint density at radius 3 is 1.45 bits per heavy atom. The number of nitrogens with zero attached hydrogens (tertiary/aromatic N) is 1. The Kier molecular flexibility index (Phi) is 3.56. The highest BCUT2D eigenvalue weighted by atomic mass is 15.1. The van der Waals surface area contributed by atoms with Gasteiger partial charge >= 0.3 is 0 Å². The maximum Gasteiger partial charge on any atom is 0.0114 e. The molecular weight excluding hydrogens is 134 g/mol. The molecule has 1 unspecified atom stereocenters. The zero-order valence-corrected chi connectivity index (χ0v) is 9.10. The minimum absolute atomic E-state index is 0.406. The van der Waals surface area contributed by atoms with Gasteiger partial charge in [-0.25, -0.2) is 0 Å². The molecule has 0 saturated heterocycles. The lowest BCUT2D eigenvalue weighted by atomic mass is 9.75. The van der Waals surface area contributed by atoms with Gasteiger partial charge in [-0.15, -0.1) is 0 Å². The van der Waals surface area contributed by atoms with Gasteiger partial charge in [0.2, 0.25) is 0 Å². The van der Waals surface area contributed by atoms with Gasteiger partial charge in [0.1, 0.15) is 0 Å². The van der Waals surface area contributed by atoms with E-state index < -0.39 is 0 Å². The van der Waals surface area contributed by atoms with Crippen LogP contribution in [-0.2, 0) is 0 Å². The van der Waals surface area contributed by atoms with Gasteiger partial charge in [0.25, 0.3) is 0 Å². The number of hydrogen-bond donors (Lipinski definition) is 0. The summed E-state index contributed by atoms with van der Waals surface area (Å²) in [5.74, 6) is 0.736. The minimum atomic E-state index is 0.406. The summed E-state index contributed by atoms with van der Waals surface area (Å²) in [4.78, 5) is 2.29. The van der Waals surface area contributed by atoms with E-state index in [1.54, 1.807) is 0 Å². The predicted octanol–water partition coefficient (Wildman–Crippen LogP) is 2.62. The normalized spacial score (nSPS) is 16.1. The van der Waals surface area contributed by atoms with Crippen LogP contribution in [0, 0.1) is 11.3 Å². The van der Waals surface area contributed by atoms with Crippen molar-refractivity contribution < 1.29 is 0 Å². The standard InChI is InChI=1S/C10H23N/c1-8(2)10(4,5)9(3)11(6)7/h8-9H,1-7H3. The van der Waals surface area contributed by atoms with Crippen LogP contribution < -0.4 is 0 Å². The Morgan fingerprint density at radius 2 is 1.36 bits per heavy atom. The molecule has 68 valence electrons. The molecule has 0 heterocycles. The van der Waals surface area contributed by atoms with Crippen LogP contribution in [0.2, 0.25) is 0 Å². The second-order valence-electron chi connectivity index (χ2n) is 4.62. The summed E-state index contributed by atoms with van der Waals surface area (Å²) in [6.07, 6.45) is 0. The zero-order valence-electron chi connectivity index (χ0n) is 9.10. The molecule has 0 aromatic carbocycles. The van der Waals surface area contributed by atoms with Crippen LogP contribution >= 0.6 is 0 Å². The third-order valence-electron chi connectivity index (χ3n) is 3.34. The fraction of sp³-hybridized carbons (Fsp3) is 1.00. The van der Waals surface area contributed by atoms with E-state index in [0.29, 0.717) is 11.5 Å².